The van der Waals surface area contributed by atoms with E-state index in [-0.39, 0.29) is 5.91 Å². The second-order valence-corrected chi connectivity index (χ2v) is 9.94. The number of amides is 1. The minimum atomic E-state index is 0.0738. The zero-order valence-corrected chi connectivity index (χ0v) is 22.9. The Labute approximate surface area is 227 Å². The standard InChI is InChI=1S/C26H35N9O2S/c1-4-6-11-23(36)27-12-7-9-19(5-2)38-26-30-24(29-25(31-26)35-15-13-34(3)14-16-35)28-22-18-20(32-33-22)21-10-8-17-37-21/h5,7-10,17-18H,4,6,11-16H2,1-3H3,(H,27,36)(H2,28,29,30,31,32,33)/b9-7-,19-5+. The molecule has 0 atom stereocenters. The number of carbonyl (C=O) groups is 1. The van der Waals surface area contributed by atoms with E-state index in [0.717, 1.165) is 49.6 Å². The van der Waals surface area contributed by atoms with E-state index < -0.39 is 0 Å². The monoisotopic (exact) mass is 537 g/mol. The van der Waals surface area contributed by atoms with Crippen LogP contribution in [-0.2, 0) is 4.79 Å². The van der Waals surface area contributed by atoms with Gasteiger partial charge in [0.2, 0.25) is 17.8 Å². The summed E-state index contributed by atoms with van der Waals surface area (Å²) in [5, 5.41) is 14.0. The number of nitrogens with zero attached hydrogens (tertiary/aromatic N) is 6. The highest BCUT2D eigenvalue weighted by Gasteiger charge is 2.19. The molecule has 4 heterocycles. The lowest BCUT2D eigenvalue weighted by molar-refractivity contribution is -0.120. The van der Waals surface area contributed by atoms with E-state index in [0.29, 0.717) is 41.6 Å². The van der Waals surface area contributed by atoms with E-state index in [9.17, 15) is 4.79 Å². The molecule has 0 aromatic carbocycles. The van der Waals surface area contributed by atoms with Gasteiger partial charge < -0.3 is 24.9 Å². The number of piperazine rings is 1. The number of likely N-dealkylation sites (N-methyl/N-ethyl adjacent to an activating group) is 1. The van der Waals surface area contributed by atoms with E-state index in [1.807, 2.05) is 43.4 Å². The molecule has 3 N–H and O–H groups in total. The summed E-state index contributed by atoms with van der Waals surface area (Å²) >= 11 is 1.45. The second-order valence-electron chi connectivity index (χ2n) is 8.90. The summed E-state index contributed by atoms with van der Waals surface area (Å²) in [7, 11) is 2.12. The van der Waals surface area contributed by atoms with E-state index >= 15 is 0 Å². The SMILES string of the molecule is C/C=C(\C=C/CNC(=O)CCCC)Sc1nc(Nc2cc(-c3ccco3)[nH]n2)nc(N2CCN(C)CC2)n1. The maximum Gasteiger partial charge on any atom is 0.234 e. The number of unbranched alkanes of at least 4 members (excludes halogenated alkanes) is 1. The van der Waals surface area contributed by atoms with Crippen molar-refractivity contribution >= 4 is 35.4 Å². The smallest absolute Gasteiger partial charge is 0.234 e. The Bertz CT molecular complexity index is 1230. The Morgan fingerprint density at radius 1 is 1.24 bits per heavy atom. The molecule has 11 nitrogen and oxygen atoms in total. The summed E-state index contributed by atoms with van der Waals surface area (Å²) in [5.41, 5.74) is 0.753. The van der Waals surface area contributed by atoms with Gasteiger partial charge in [0.15, 0.2) is 16.7 Å². The number of hydrogen-bond acceptors (Lipinski definition) is 10. The molecule has 1 fully saturated rings. The van der Waals surface area contributed by atoms with Gasteiger partial charge in [0.1, 0.15) is 5.69 Å². The van der Waals surface area contributed by atoms with Crippen LogP contribution in [0, 0.1) is 0 Å². The third-order valence-corrected chi connectivity index (χ3v) is 6.92. The van der Waals surface area contributed by atoms with Gasteiger partial charge in [-0.15, -0.1) is 0 Å². The number of aromatic nitrogens is 5. The van der Waals surface area contributed by atoms with Crippen molar-refractivity contribution in [3.63, 3.8) is 0 Å². The van der Waals surface area contributed by atoms with Crippen molar-refractivity contribution in [3.8, 4) is 11.5 Å². The fourth-order valence-electron chi connectivity index (χ4n) is 3.72. The zero-order chi connectivity index (χ0) is 26.7. The molecule has 1 amide bonds. The fraction of sp³-hybridized carbons (Fsp3) is 0.423. The van der Waals surface area contributed by atoms with Crippen LogP contribution in [-0.4, -0.2) is 75.7 Å². The quantitative estimate of drug-likeness (QED) is 0.228. The fourth-order valence-corrected chi connectivity index (χ4v) is 4.47. The molecule has 0 bridgehead atoms. The third kappa shape index (κ3) is 7.93. The van der Waals surface area contributed by atoms with E-state index in [2.05, 4.69) is 49.6 Å². The summed E-state index contributed by atoms with van der Waals surface area (Å²) in [6.07, 6.45) is 10.00. The molecule has 0 saturated carbocycles. The maximum absolute atomic E-state index is 11.9. The first-order chi connectivity index (χ1) is 18.5. The summed E-state index contributed by atoms with van der Waals surface area (Å²) in [6.45, 7) is 8.08. The van der Waals surface area contributed by atoms with Crippen molar-refractivity contribution in [2.45, 2.75) is 38.3 Å². The van der Waals surface area contributed by atoms with Crippen LogP contribution in [0.2, 0.25) is 0 Å². The lowest BCUT2D eigenvalue weighted by Gasteiger charge is -2.32. The number of furan rings is 1. The van der Waals surface area contributed by atoms with Crippen molar-refractivity contribution < 1.29 is 9.21 Å². The van der Waals surface area contributed by atoms with Gasteiger partial charge in [0.05, 0.1) is 6.26 Å². The maximum atomic E-state index is 11.9. The minimum Gasteiger partial charge on any atom is -0.463 e. The number of nitrogens with one attached hydrogen (secondary N) is 3. The van der Waals surface area contributed by atoms with E-state index in [1.54, 1.807) is 6.26 Å². The first-order valence-corrected chi connectivity index (χ1v) is 13.7. The van der Waals surface area contributed by atoms with Gasteiger partial charge in [-0.1, -0.05) is 31.6 Å². The second kappa shape index (κ2) is 13.8. The summed E-state index contributed by atoms with van der Waals surface area (Å²) in [4.78, 5) is 31.4. The van der Waals surface area contributed by atoms with Gasteiger partial charge in [-0.3, -0.25) is 9.89 Å². The van der Waals surface area contributed by atoms with E-state index in [4.69, 9.17) is 14.4 Å². The van der Waals surface area contributed by atoms with Gasteiger partial charge in [0.25, 0.3) is 0 Å². The van der Waals surface area contributed by atoms with Crippen LogP contribution >= 0.6 is 11.8 Å². The van der Waals surface area contributed by atoms with Crippen molar-refractivity contribution in [3.05, 3.63) is 47.6 Å². The first kappa shape index (κ1) is 27.4. The number of allylic oxidation sites excluding steroid dienone is 2. The molecule has 3 aromatic heterocycles. The van der Waals surface area contributed by atoms with Crippen molar-refractivity contribution in [1.29, 1.82) is 0 Å². The molecule has 1 aliphatic heterocycles. The topological polar surface area (TPSA) is 128 Å². The van der Waals surface area contributed by atoms with Gasteiger partial charge in [-0.25, -0.2) is 0 Å². The predicted molar refractivity (Wildman–Crippen MR) is 150 cm³/mol. The number of rotatable bonds is 12. The molecule has 1 saturated heterocycles. The number of carbonyl (C=O) groups excluding carboxylic acids is 1. The van der Waals surface area contributed by atoms with Gasteiger partial charge in [-0.05, 0) is 44.3 Å². The molecule has 0 spiro atoms. The average molecular weight is 538 g/mol. The minimum absolute atomic E-state index is 0.0738. The predicted octanol–water partition coefficient (Wildman–Crippen LogP) is 4.21. The molecule has 1 aliphatic rings. The lowest BCUT2D eigenvalue weighted by Crippen LogP contribution is -2.45. The summed E-state index contributed by atoms with van der Waals surface area (Å²) in [6, 6.07) is 5.54. The highest BCUT2D eigenvalue weighted by Crippen LogP contribution is 2.28. The van der Waals surface area contributed by atoms with Crippen molar-refractivity contribution in [2.75, 3.05) is 50.0 Å². The average Bonchev–Trinajstić information content (AvgIpc) is 3.62. The molecule has 202 valence electrons. The molecule has 0 radical (unpaired) electrons. The van der Waals surface area contributed by atoms with Gasteiger partial charge in [0, 0.05) is 50.1 Å². The van der Waals surface area contributed by atoms with E-state index in [1.165, 1.54) is 11.8 Å². The van der Waals surface area contributed by atoms with Crippen LogP contribution in [0.5, 0.6) is 0 Å². The number of anilines is 3. The van der Waals surface area contributed by atoms with Crippen LogP contribution in [0.3, 0.4) is 0 Å². The van der Waals surface area contributed by atoms with Crippen LogP contribution < -0.4 is 15.5 Å². The third-order valence-electron chi connectivity index (χ3n) is 5.94. The highest BCUT2D eigenvalue weighted by molar-refractivity contribution is 8.03. The normalized spacial score (nSPS) is 14.8. The molecular formula is C26H35N9O2S. The number of H-pyrrole nitrogens is 1. The Balaban J connectivity index is 1.48. The first-order valence-electron chi connectivity index (χ1n) is 12.9. The molecule has 38 heavy (non-hydrogen) atoms. The van der Waals surface area contributed by atoms with Crippen LogP contribution in [0.4, 0.5) is 17.7 Å². The largest absolute Gasteiger partial charge is 0.463 e. The molecular weight excluding hydrogens is 502 g/mol. The number of aromatic amines is 1. The van der Waals surface area contributed by atoms with Crippen molar-refractivity contribution in [1.82, 2.24) is 35.4 Å². The molecule has 12 heteroatoms. The lowest BCUT2D eigenvalue weighted by atomic mass is 10.2. The van der Waals surface area contributed by atoms with Gasteiger partial charge >= 0.3 is 0 Å². The Hall–Kier alpha value is -3.64. The van der Waals surface area contributed by atoms with Crippen LogP contribution in [0.25, 0.3) is 11.5 Å². The number of hydrogen-bond donors (Lipinski definition) is 3. The Morgan fingerprint density at radius 2 is 2.08 bits per heavy atom. The Kier molecular flexibility index (Phi) is 9.93. The van der Waals surface area contributed by atoms with Gasteiger partial charge in [-0.2, -0.15) is 20.1 Å². The molecule has 0 aliphatic carbocycles. The number of thioether (sulfide) groups is 1. The van der Waals surface area contributed by atoms with Crippen LogP contribution in [0.15, 0.2) is 57.2 Å². The molecule has 4 rings (SSSR count). The summed E-state index contributed by atoms with van der Waals surface area (Å²) in [5.74, 6) is 2.39. The Morgan fingerprint density at radius 3 is 2.82 bits per heavy atom. The molecule has 3 aromatic rings. The molecule has 0 unspecified atom stereocenters. The van der Waals surface area contributed by atoms with Crippen LogP contribution in [0.1, 0.15) is 33.1 Å². The summed E-state index contributed by atoms with van der Waals surface area (Å²) < 4.78 is 5.45. The van der Waals surface area contributed by atoms with Crippen molar-refractivity contribution in [2.24, 2.45) is 0 Å². The zero-order valence-electron chi connectivity index (χ0n) is 22.1. The highest BCUT2D eigenvalue weighted by atomic mass is 32.2.